The average molecular weight is 439 g/mol. The number of amides is 1. The minimum Gasteiger partial charge on any atom is -0.507 e. The summed E-state index contributed by atoms with van der Waals surface area (Å²) >= 11 is 3.34. The number of halogens is 1. The number of nitrogens with one attached hydrogen (secondary N) is 1. The molecule has 4 rings (SSSR count). The highest BCUT2D eigenvalue weighted by Gasteiger charge is 2.14. The Morgan fingerprint density at radius 2 is 1.89 bits per heavy atom. The number of ether oxygens (including phenoxy) is 1. The van der Waals surface area contributed by atoms with E-state index in [-0.39, 0.29) is 24.2 Å². The molecule has 1 aromatic heterocycles. The van der Waals surface area contributed by atoms with Gasteiger partial charge < -0.3 is 19.6 Å². The summed E-state index contributed by atoms with van der Waals surface area (Å²) in [5, 5.41) is 12.9. The Kier molecular flexibility index (Phi) is 4.99. The zero-order valence-corrected chi connectivity index (χ0v) is 16.1. The number of aromatic nitrogens is 1. The molecular weight excluding hydrogens is 424 g/mol. The Morgan fingerprint density at radius 1 is 1.11 bits per heavy atom. The second kappa shape index (κ2) is 7.74. The molecule has 6 nitrogen and oxygen atoms in total. The number of aromatic hydroxyl groups is 1. The average Bonchev–Trinajstić information content (AvgIpc) is 3.13. The molecule has 2 N–H and O–H groups in total. The zero-order valence-electron chi connectivity index (χ0n) is 14.6. The first-order valence-corrected chi connectivity index (χ1v) is 9.25. The van der Waals surface area contributed by atoms with Crippen molar-refractivity contribution in [3.8, 4) is 23.0 Å². The number of hydrogen-bond acceptors (Lipinski definition) is 5. The first-order chi connectivity index (χ1) is 13.6. The molecule has 0 unspecified atom stereocenters. The van der Waals surface area contributed by atoms with E-state index in [0.29, 0.717) is 28.1 Å². The van der Waals surface area contributed by atoms with Crippen LogP contribution in [-0.2, 0) is 4.79 Å². The number of anilines is 1. The molecular formula is C21H15BrN2O4. The lowest BCUT2D eigenvalue weighted by Crippen LogP contribution is -2.20. The molecule has 4 aromatic rings. The van der Waals surface area contributed by atoms with Crippen molar-refractivity contribution in [1.29, 1.82) is 0 Å². The van der Waals surface area contributed by atoms with E-state index in [2.05, 4.69) is 26.2 Å². The molecule has 0 aliphatic carbocycles. The quantitative estimate of drug-likeness (QED) is 0.429. The van der Waals surface area contributed by atoms with E-state index < -0.39 is 0 Å². The Morgan fingerprint density at radius 3 is 2.68 bits per heavy atom. The van der Waals surface area contributed by atoms with Crippen molar-refractivity contribution >= 4 is 38.6 Å². The van der Waals surface area contributed by atoms with Gasteiger partial charge in [-0.25, -0.2) is 4.98 Å². The third-order valence-electron chi connectivity index (χ3n) is 3.99. The van der Waals surface area contributed by atoms with Gasteiger partial charge >= 0.3 is 0 Å². The van der Waals surface area contributed by atoms with E-state index in [1.54, 1.807) is 30.3 Å². The zero-order chi connectivity index (χ0) is 19.5. The molecule has 3 aromatic carbocycles. The summed E-state index contributed by atoms with van der Waals surface area (Å²) in [7, 11) is 0. The van der Waals surface area contributed by atoms with Crippen LogP contribution in [0.4, 0.5) is 5.69 Å². The molecule has 0 fully saturated rings. The van der Waals surface area contributed by atoms with Crippen LogP contribution in [0, 0.1) is 0 Å². The van der Waals surface area contributed by atoms with Crippen LogP contribution >= 0.6 is 15.9 Å². The van der Waals surface area contributed by atoms with Gasteiger partial charge in [-0.2, -0.15) is 0 Å². The van der Waals surface area contributed by atoms with Gasteiger partial charge in [-0.05, 0) is 54.6 Å². The van der Waals surface area contributed by atoms with Gasteiger partial charge in [0.15, 0.2) is 12.2 Å². The van der Waals surface area contributed by atoms with Crippen molar-refractivity contribution in [2.45, 2.75) is 0 Å². The number of carbonyl (C=O) groups excluding carboxylic acids is 1. The Balaban J connectivity index is 1.48. The van der Waals surface area contributed by atoms with Crippen LogP contribution in [0.15, 0.2) is 75.6 Å². The van der Waals surface area contributed by atoms with E-state index in [9.17, 15) is 9.90 Å². The molecule has 28 heavy (non-hydrogen) atoms. The fourth-order valence-corrected chi connectivity index (χ4v) is 2.91. The highest BCUT2D eigenvalue weighted by atomic mass is 79.9. The second-order valence-electron chi connectivity index (χ2n) is 6.01. The fraction of sp³-hybridized carbons (Fsp3) is 0.0476. The van der Waals surface area contributed by atoms with E-state index in [0.717, 1.165) is 4.47 Å². The smallest absolute Gasteiger partial charge is 0.262 e. The third kappa shape index (κ3) is 3.99. The lowest BCUT2D eigenvalue weighted by Gasteiger charge is -2.09. The van der Waals surface area contributed by atoms with Gasteiger partial charge in [0.05, 0.1) is 5.56 Å². The minimum absolute atomic E-state index is 0.00988. The summed E-state index contributed by atoms with van der Waals surface area (Å²) in [6, 6.07) is 19.2. The minimum atomic E-state index is -0.322. The number of phenolic OH excluding ortho intramolecular Hbond substituents is 1. The summed E-state index contributed by atoms with van der Waals surface area (Å²) in [4.78, 5) is 16.6. The van der Waals surface area contributed by atoms with Crippen molar-refractivity contribution in [1.82, 2.24) is 4.98 Å². The molecule has 0 atom stereocenters. The molecule has 0 saturated heterocycles. The van der Waals surface area contributed by atoms with Gasteiger partial charge in [0, 0.05) is 10.2 Å². The van der Waals surface area contributed by atoms with Crippen molar-refractivity contribution < 1.29 is 19.1 Å². The van der Waals surface area contributed by atoms with Gasteiger partial charge in [0.25, 0.3) is 5.91 Å². The molecule has 7 heteroatoms. The molecule has 0 saturated carbocycles. The standard InChI is InChI=1S/C21H15BrN2O4/c22-13-5-8-15(9-6-13)27-12-20(26)23-14-7-10-18(25)16(11-14)21-24-17-3-1-2-4-19(17)28-21/h1-11,25H,12H2,(H,23,26). The Bertz CT molecular complexity index is 1110. The monoisotopic (exact) mass is 438 g/mol. The SMILES string of the molecule is O=C(COc1ccc(Br)cc1)Nc1ccc(O)c(-c2nc3ccccc3o2)c1. The topological polar surface area (TPSA) is 84.6 Å². The van der Waals surface area contributed by atoms with Crippen LogP contribution < -0.4 is 10.1 Å². The maximum absolute atomic E-state index is 12.2. The molecule has 0 radical (unpaired) electrons. The van der Waals surface area contributed by atoms with E-state index in [1.165, 1.54) is 6.07 Å². The lowest BCUT2D eigenvalue weighted by molar-refractivity contribution is -0.118. The lowest BCUT2D eigenvalue weighted by atomic mass is 10.1. The van der Waals surface area contributed by atoms with Crippen LogP contribution in [-0.4, -0.2) is 22.6 Å². The van der Waals surface area contributed by atoms with Crippen molar-refractivity contribution in [3.63, 3.8) is 0 Å². The molecule has 140 valence electrons. The maximum Gasteiger partial charge on any atom is 0.262 e. The molecule has 0 spiro atoms. The molecule has 0 bridgehead atoms. The van der Waals surface area contributed by atoms with Crippen LogP contribution in [0.3, 0.4) is 0 Å². The molecule has 0 aliphatic rings. The van der Waals surface area contributed by atoms with Gasteiger partial charge in [-0.3, -0.25) is 4.79 Å². The van der Waals surface area contributed by atoms with Crippen molar-refractivity contribution in [3.05, 3.63) is 71.2 Å². The van der Waals surface area contributed by atoms with Crippen molar-refractivity contribution in [2.24, 2.45) is 0 Å². The summed E-state index contributed by atoms with van der Waals surface area (Å²) < 4.78 is 12.1. The Labute approximate surface area is 168 Å². The number of nitrogens with zero attached hydrogens (tertiary/aromatic N) is 1. The number of phenols is 1. The predicted molar refractivity (Wildman–Crippen MR) is 109 cm³/mol. The Hall–Kier alpha value is -3.32. The highest BCUT2D eigenvalue weighted by molar-refractivity contribution is 9.10. The number of carbonyl (C=O) groups is 1. The summed E-state index contributed by atoms with van der Waals surface area (Å²) in [5.74, 6) is 0.560. The van der Waals surface area contributed by atoms with Crippen LogP contribution in [0.2, 0.25) is 0 Å². The van der Waals surface area contributed by atoms with E-state index >= 15 is 0 Å². The number of hydrogen-bond donors (Lipinski definition) is 2. The van der Waals surface area contributed by atoms with Crippen LogP contribution in [0.1, 0.15) is 0 Å². The van der Waals surface area contributed by atoms with E-state index in [1.807, 2.05) is 30.3 Å². The van der Waals surface area contributed by atoms with Crippen LogP contribution in [0.25, 0.3) is 22.6 Å². The first kappa shape index (κ1) is 18.1. The first-order valence-electron chi connectivity index (χ1n) is 8.46. The molecule has 1 amide bonds. The molecule has 1 heterocycles. The van der Waals surface area contributed by atoms with Gasteiger partial charge in [-0.1, -0.05) is 28.1 Å². The number of rotatable bonds is 5. The number of fused-ring (bicyclic) bond motifs is 1. The van der Waals surface area contributed by atoms with Gasteiger partial charge in [-0.15, -0.1) is 0 Å². The highest BCUT2D eigenvalue weighted by Crippen LogP contribution is 2.33. The number of oxazole rings is 1. The maximum atomic E-state index is 12.2. The number of benzene rings is 3. The summed E-state index contributed by atoms with van der Waals surface area (Å²) in [5.41, 5.74) is 2.20. The van der Waals surface area contributed by atoms with Crippen LogP contribution in [0.5, 0.6) is 11.5 Å². The summed E-state index contributed by atoms with van der Waals surface area (Å²) in [6.45, 7) is -0.138. The third-order valence-corrected chi connectivity index (χ3v) is 4.52. The van der Waals surface area contributed by atoms with Gasteiger partial charge in [0.1, 0.15) is 17.0 Å². The summed E-state index contributed by atoms with van der Waals surface area (Å²) in [6.07, 6.45) is 0. The fourth-order valence-electron chi connectivity index (χ4n) is 2.65. The second-order valence-corrected chi connectivity index (χ2v) is 6.93. The normalized spacial score (nSPS) is 10.8. The van der Waals surface area contributed by atoms with Gasteiger partial charge in [0.2, 0.25) is 5.89 Å². The molecule has 0 aliphatic heterocycles. The predicted octanol–water partition coefficient (Wildman–Crippen LogP) is 4.98. The number of para-hydroxylation sites is 2. The largest absolute Gasteiger partial charge is 0.507 e. The van der Waals surface area contributed by atoms with E-state index in [4.69, 9.17) is 9.15 Å². The van der Waals surface area contributed by atoms with Crippen molar-refractivity contribution in [2.75, 3.05) is 11.9 Å².